The van der Waals surface area contributed by atoms with E-state index in [0.29, 0.717) is 24.2 Å². The number of sulfonamides is 1. The molecule has 1 N–H and O–H groups in total. The molecule has 1 aliphatic heterocycles. The van der Waals surface area contributed by atoms with Crippen molar-refractivity contribution in [3.63, 3.8) is 0 Å². The van der Waals surface area contributed by atoms with Crippen molar-refractivity contribution in [1.82, 2.24) is 14.2 Å². The Bertz CT molecular complexity index is 1540. The summed E-state index contributed by atoms with van der Waals surface area (Å²) >= 11 is 0. The number of aryl methyl sites for hydroxylation is 1. The Kier molecular flexibility index (Phi) is 7.25. The van der Waals surface area contributed by atoms with Crippen LogP contribution in [0, 0.1) is 6.92 Å². The van der Waals surface area contributed by atoms with Crippen LogP contribution in [0.3, 0.4) is 0 Å². The number of hydrogen-bond donors (Lipinski definition) is 1. The van der Waals surface area contributed by atoms with Crippen LogP contribution in [0.1, 0.15) is 34.3 Å². The van der Waals surface area contributed by atoms with E-state index in [1.165, 1.54) is 37.2 Å². The topological polar surface area (TPSA) is 111 Å². The maximum atomic E-state index is 13.7. The number of H-pyrrole nitrogens is 1. The van der Waals surface area contributed by atoms with Crippen LogP contribution in [0.15, 0.2) is 52.2 Å². The third-order valence-electron chi connectivity index (χ3n) is 6.81. The van der Waals surface area contributed by atoms with Gasteiger partial charge in [-0.1, -0.05) is 6.07 Å². The fraction of sp³-hybridized carbons (Fsp3) is 0.370. The number of nitrogens with zero attached hydrogens (tertiary/aromatic N) is 3. The Labute approximate surface area is 216 Å². The fourth-order valence-corrected chi connectivity index (χ4v) is 5.76. The lowest BCUT2D eigenvalue weighted by atomic mass is 9.98. The first kappa shape index (κ1) is 26.6. The molecule has 0 bridgehead atoms. The second-order valence-corrected chi connectivity index (χ2v) is 12.0. The van der Waals surface area contributed by atoms with Gasteiger partial charge in [-0.15, -0.1) is 0 Å². The molecule has 1 aromatic heterocycles. The van der Waals surface area contributed by atoms with Crippen molar-refractivity contribution in [2.24, 2.45) is 0 Å². The summed E-state index contributed by atoms with van der Waals surface area (Å²) in [6, 6.07) is 11.1. The third kappa shape index (κ3) is 5.17. The van der Waals surface area contributed by atoms with Crippen LogP contribution in [-0.4, -0.2) is 75.1 Å². The van der Waals surface area contributed by atoms with Gasteiger partial charge in [-0.05, 0) is 61.2 Å². The number of hydrogen-bond acceptors (Lipinski definition) is 6. The molecular formula is C27H32N4O5S. The van der Waals surface area contributed by atoms with Gasteiger partial charge in [-0.2, -0.15) is 0 Å². The Morgan fingerprint density at radius 2 is 1.78 bits per heavy atom. The first-order valence-corrected chi connectivity index (χ1v) is 13.5. The van der Waals surface area contributed by atoms with Crippen LogP contribution in [0.2, 0.25) is 0 Å². The molecule has 3 aromatic rings. The van der Waals surface area contributed by atoms with Crippen molar-refractivity contribution in [3.05, 3.63) is 69.5 Å². The highest BCUT2D eigenvalue weighted by atomic mass is 32.2. The zero-order valence-corrected chi connectivity index (χ0v) is 22.6. The lowest BCUT2D eigenvalue weighted by Gasteiger charge is -2.30. The van der Waals surface area contributed by atoms with Gasteiger partial charge in [0, 0.05) is 69.4 Å². The first-order chi connectivity index (χ1) is 17.4. The molecule has 1 aliphatic rings. The first-order valence-electron chi connectivity index (χ1n) is 12.1. The number of carbonyl (C=O) groups excluding carboxylic acids is 2. The average Bonchev–Trinajstić information content (AvgIpc) is 3.33. The van der Waals surface area contributed by atoms with E-state index >= 15 is 0 Å². The Balaban J connectivity index is 1.78. The Hall–Kier alpha value is -3.50. The van der Waals surface area contributed by atoms with Crippen LogP contribution in [0.4, 0.5) is 5.69 Å². The number of Topliss-reactive ketones (excluding diaryl/α,β-unsaturated/α-hetero) is 1. The van der Waals surface area contributed by atoms with Crippen molar-refractivity contribution in [2.75, 3.05) is 39.6 Å². The minimum Gasteiger partial charge on any atom is -0.359 e. The predicted molar refractivity (Wildman–Crippen MR) is 144 cm³/mol. The van der Waals surface area contributed by atoms with E-state index in [9.17, 15) is 22.8 Å². The van der Waals surface area contributed by atoms with Gasteiger partial charge in [0.25, 0.3) is 0 Å². The molecule has 196 valence electrons. The minimum atomic E-state index is -3.77. The summed E-state index contributed by atoms with van der Waals surface area (Å²) in [7, 11) is 2.51. The van der Waals surface area contributed by atoms with Gasteiger partial charge < -0.3 is 14.8 Å². The zero-order valence-electron chi connectivity index (χ0n) is 21.7. The maximum absolute atomic E-state index is 13.7. The number of ketones is 1. The molecule has 0 aliphatic carbocycles. The molecule has 1 amide bonds. The molecule has 0 spiro atoms. The SMILES string of the molecule is Cc1cc(=O)[nH]c2ccc(CC(=O)c3cc(S(=O)(=O)N(C)C)ccc3N3CCCC3C(=O)N(C)C)cc12. The normalized spacial score (nSPS) is 15.9. The summed E-state index contributed by atoms with van der Waals surface area (Å²) in [5, 5.41) is 0.838. The van der Waals surface area contributed by atoms with Crippen molar-refractivity contribution >= 4 is 38.3 Å². The van der Waals surface area contributed by atoms with Gasteiger partial charge in [0.05, 0.1) is 4.90 Å². The van der Waals surface area contributed by atoms with Gasteiger partial charge >= 0.3 is 0 Å². The van der Waals surface area contributed by atoms with Gasteiger partial charge in [-0.3, -0.25) is 14.4 Å². The Morgan fingerprint density at radius 3 is 2.46 bits per heavy atom. The smallest absolute Gasteiger partial charge is 0.248 e. The number of likely N-dealkylation sites (N-methyl/N-ethyl adjacent to an activating group) is 1. The lowest BCUT2D eigenvalue weighted by molar-refractivity contribution is -0.129. The molecule has 0 saturated carbocycles. The second-order valence-electron chi connectivity index (χ2n) is 9.85. The van der Waals surface area contributed by atoms with Crippen LogP contribution >= 0.6 is 0 Å². The number of benzene rings is 2. The monoisotopic (exact) mass is 524 g/mol. The highest BCUT2D eigenvalue weighted by molar-refractivity contribution is 7.89. The summed E-state index contributed by atoms with van der Waals surface area (Å²) < 4.78 is 26.9. The Morgan fingerprint density at radius 1 is 1.05 bits per heavy atom. The number of pyridine rings is 1. The van der Waals surface area contributed by atoms with Gasteiger partial charge in [0.1, 0.15) is 6.04 Å². The number of aromatic amines is 1. The second kappa shape index (κ2) is 10.1. The summed E-state index contributed by atoms with van der Waals surface area (Å²) in [6.07, 6.45) is 1.48. The number of fused-ring (bicyclic) bond motifs is 1. The summed E-state index contributed by atoms with van der Waals surface area (Å²) in [5.74, 6) is -0.310. The number of aromatic nitrogens is 1. The maximum Gasteiger partial charge on any atom is 0.248 e. The molecule has 10 heteroatoms. The minimum absolute atomic E-state index is 0.0196. The molecule has 2 aromatic carbocycles. The molecule has 37 heavy (non-hydrogen) atoms. The van der Waals surface area contributed by atoms with Crippen molar-refractivity contribution in [3.8, 4) is 0 Å². The van der Waals surface area contributed by atoms with Crippen molar-refractivity contribution in [2.45, 2.75) is 37.1 Å². The number of nitrogens with one attached hydrogen (secondary N) is 1. The number of rotatable bonds is 7. The van der Waals surface area contributed by atoms with Crippen molar-refractivity contribution in [1.29, 1.82) is 0 Å². The molecule has 0 radical (unpaired) electrons. The molecule has 2 heterocycles. The van der Waals surface area contributed by atoms with E-state index in [-0.39, 0.29) is 34.1 Å². The van der Waals surface area contributed by atoms with Crippen molar-refractivity contribution < 1.29 is 18.0 Å². The van der Waals surface area contributed by atoms with E-state index in [0.717, 1.165) is 27.2 Å². The summed E-state index contributed by atoms with van der Waals surface area (Å²) in [5.41, 5.74) is 2.85. The van der Waals surface area contributed by atoms with Gasteiger partial charge in [0.15, 0.2) is 5.78 Å². The summed E-state index contributed by atoms with van der Waals surface area (Å²) in [4.78, 5) is 44.7. The molecular weight excluding hydrogens is 492 g/mol. The van der Waals surface area contributed by atoms with Crippen LogP contribution in [0.25, 0.3) is 10.9 Å². The molecule has 1 atom stereocenters. The molecule has 4 rings (SSSR count). The highest BCUT2D eigenvalue weighted by Crippen LogP contribution is 2.33. The van der Waals surface area contributed by atoms with Gasteiger partial charge in [0.2, 0.25) is 21.5 Å². The van der Waals surface area contributed by atoms with E-state index in [2.05, 4.69) is 4.98 Å². The van der Waals surface area contributed by atoms with Crippen LogP contribution in [-0.2, 0) is 21.2 Å². The zero-order chi connectivity index (χ0) is 27.1. The highest BCUT2D eigenvalue weighted by Gasteiger charge is 2.34. The predicted octanol–water partition coefficient (Wildman–Crippen LogP) is 2.57. The third-order valence-corrected chi connectivity index (χ3v) is 8.63. The quantitative estimate of drug-likeness (QED) is 0.476. The average molecular weight is 525 g/mol. The van der Waals surface area contributed by atoms with E-state index in [1.807, 2.05) is 17.9 Å². The summed E-state index contributed by atoms with van der Waals surface area (Å²) in [6.45, 7) is 2.43. The number of anilines is 1. The lowest BCUT2D eigenvalue weighted by Crippen LogP contribution is -2.43. The molecule has 1 fully saturated rings. The van der Waals surface area contributed by atoms with Gasteiger partial charge in [-0.25, -0.2) is 12.7 Å². The van der Waals surface area contributed by atoms with E-state index < -0.39 is 16.1 Å². The molecule has 1 saturated heterocycles. The van der Waals surface area contributed by atoms with E-state index in [1.54, 1.807) is 32.3 Å². The number of amides is 1. The largest absolute Gasteiger partial charge is 0.359 e. The van der Waals surface area contributed by atoms with E-state index in [4.69, 9.17) is 0 Å². The standard InChI is InChI=1S/C27H32N4O5S/c1-17-13-26(33)28-22-10-8-18(14-20(17)22)15-25(32)21-16-19(37(35,36)30(4)5)9-11-23(21)31-12-6-7-24(31)27(34)29(2)3/h8-11,13-14,16,24H,6-7,12,15H2,1-5H3,(H,28,33). The molecule has 9 nitrogen and oxygen atoms in total. The molecule has 1 unspecified atom stereocenters. The van der Waals surface area contributed by atoms with Crippen LogP contribution < -0.4 is 10.5 Å². The fourth-order valence-electron chi connectivity index (χ4n) is 4.83. The van der Waals surface area contributed by atoms with Crippen LogP contribution in [0.5, 0.6) is 0 Å². The number of carbonyl (C=O) groups is 2.